The van der Waals surface area contributed by atoms with Gasteiger partial charge in [0.15, 0.2) is 5.17 Å². The molecule has 0 amide bonds. The molecule has 3 aromatic rings. The van der Waals surface area contributed by atoms with Crippen LogP contribution in [0.15, 0.2) is 59.7 Å². The number of benzene rings is 1. The number of anilines is 1. The van der Waals surface area contributed by atoms with E-state index >= 15 is 0 Å². The second-order valence-electron chi connectivity index (χ2n) is 8.91. The molecule has 0 unspecified atom stereocenters. The van der Waals surface area contributed by atoms with Crippen LogP contribution in [0.2, 0.25) is 0 Å². The molecule has 1 aromatic carbocycles. The molecule has 5 nitrogen and oxygen atoms in total. The van der Waals surface area contributed by atoms with E-state index < -0.39 is 0 Å². The van der Waals surface area contributed by atoms with Crippen molar-refractivity contribution in [1.29, 1.82) is 0 Å². The Morgan fingerprint density at radius 1 is 1.09 bits per heavy atom. The minimum atomic E-state index is 0.0260. The largest absolute Gasteiger partial charge is 0.378 e. The Kier molecular flexibility index (Phi) is 5.49. The van der Waals surface area contributed by atoms with E-state index in [4.69, 9.17) is 9.98 Å². The normalized spacial score (nSPS) is 22.2. The standard InChI is InChI=1S/C26H31N5S/c1-6-19-16-32-26-28-24(23-9-7-8-14-27-23)25(31(19)26)22-15-17(2)30(18(22)3)21-12-10-20(11-13-21)29(4)5/h7-15,19,24-25H,6,16H2,1-5H3/t19-,24+,25+/m0/s1. The molecule has 0 N–H and O–H groups in total. The molecule has 0 aliphatic carbocycles. The van der Waals surface area contributed by atoms with Crippen LogP contribution in [0, 0.1) is 13.8 Å². The Bertz CT molecular complexity index is 1130. The molecule has 0 bridgehead atoms. The number of fused-ring (bicyclic) bond motifs is 1. The molecular formula is C26H31N5S. The molecule has 4 heterocycles. The van der Waals surface area contributed by atoms with Gasteiger partial charge in [0.1, 0.15) is 6.04 Å². The summed E-state index contributed by atoms with van der Waals surface area (Å²) in [7, 11) is 4.15. The average molecular weight is 446 g/mol. The fraction of sp³-hybridized carbons (Fsp3) is 0.385. The van der Waals surface area contributed by atoms with Gasteiger partial charge in [-0.3, -0.25) is 9.98 Å². The van der Waals surface area contributed by atoms with Crippen LogP contribution in [0.5, 0.6) is 0 Å². The van der Waals surface area contributed by atoms with E-state index in [2.05, 4.69) is 91.7 Å². The number of nitrogens with zero attached hydrogens (tertiary/aromatic N) is 5. The first-order valence-electron chi connectivity index (χ1n) is 11.4. The van der Waals surface area contributed by atoms with Crippen LogP contribution in [-0.2, 0) is 0 Å². The first-order chi connectivity index (χ1) is 15.5. The number of rotatable bonds is 5. The molecule has 3 atom stereocenters. The second-order valence-corrected chi connectivity index (χ2v) is 9.90. The van der Waals surface area contributed by atoms with Gasteiger partial charge in [-0.2, -0.15) is 0 Å². The highest BCUT2D eigenvalue weighted by Crippen LogP contribution is 2.49. The Morgan fingerprint density at radius 3 is 2.53 bits per heavy atom. The van der Waals surface area contributed by atoms with Gasteiger partial charge in [0.2, 0.25) is 0 Å². The lowest BCUT2D eigenvalue weighted by atomic mass is 9.95. The van der Waals surface area contributed by atoms with E-state index in [1.165, 1.54) is 33.5 Å². The summed E-state index contributed by atoms with van der Waals surface area (Å²) in [5.74, 6) is 1.12. The summed E-state index contributed by atoms with van der Waals surface area (Å²) in [4.78, 5) is 14.6. The minimum Gasteiger partial charge on any atom is -0.378 e. The summed E-state index contributed by atoms with van der Waals surface area (Å²) >= 11 is 1.90. The Labute approximate surface area is 195 Å². The molecular weight excluding hydrogens is 414 g/mol. The molecule has 0 saturated carbocycles. The first kappa shape index (κ1) is 21.1. The number of amidine groups is 1. The maximum absolute atomic E-state index is 5.19. The smallest absolute Gasteiger partial charge is 0.160 e. The lowest BCUT2D eigenvalue weighted by Gasteiger charge is -2.32. The lowest BCUT2D eigenvalue weighted by molar-refractivity contribution is 0.254. The van der Waals surface area contributed by atoms with Crippen molar-refractivity contribution in [3.63, 3.8) is 0 Å². The van der Waals surface area contributed by atoms with Crippen LogP contribution < -0.4 is 4.90 Å². The van der Waals surface area contributed by atoms with Crippen LogP contribution in [0.4, 0.5) is 5.69 Å². The van der Waals surface area contributed by atoms with Gasteiger partial charge in [-0.25, -0.2) is 0 Å². The molecule has 5 rings (SSSR count). The van der Waals surface area contributed by atoms with Crippen molar-refractivity contribution in [2.45, 2.75) is 45.3 Å². The first-order valence-corrected chi connectivity index (χ1v) is 12.3. The highest BCUT2D eigenvalue weighted by Gasteiger charge is 2.46. The Balaban J connectivity index is 1.60. The predicted molar refractivity (Wildman–Crippen MR) is 135 cm³/mol. The van der Waals surface area contributed by atoms with Gasteiger partial charge in [0.25, 0.3) is 0 Å². The lowest BCUT2D eigenvalue weighted by Crippen LogP contribution is -2.35. The van der Waals surface area contributed by atoms with Gasteiger partial charge < -0.3 is 14.4 Å². The molecule has 0 radical (unpaired) electrons. The topological polar surface area (TPSA) is 36.7 Å². The predicted octanol–water partition coefficient (Wildman–Crippen LogP) is 5.53. The number of hydrogen-bond donors (Lipinski definition) is 0. The van der Waals surface area contributed by atoms with Crippen molar-refractivity contribution >= 4 is 22.6 Å². The number of pyridine rings is 1. The average Bonchev–Trinajstić information content (AvgIpc) is 3.46. The van der Waals surface area contributed by atoms with Crippen molar-refractivity contribution in [1.82, 2.24) is 14.5 Å². The van der Waals surface area contributed by atoms with Crippen LogP contribution in [0.25, 0.3) is 5.69 Å². The number of thioether (sulfide) groups is 1. The summed E-state index contributed by atoms with van der Waals surface area (Å²) in [6.07, 6.45) is 3.01. The number of hydrogen-bond acceptors (Lipinski definition) is 5. The van der Waals surface area contributed by atoms with E-state index in [9.17, 15) is 0 Å². The fourth-order valence-corrected chi connectivity index (χ4v) is 6.41. The quantitative estimate of drug-likeness (QED) is 0.517. The summed E-state index contributed by atoms with van der Waals surface area (Å²) in [6.45, 7) is 6.74. The maximum atomic E-state index is 5.19. The Hall–Kier alpha value is -2.73. The SMILES string of the molecule is CC[C@H]1CSC2=N[C@H](c3ccccn3)[C@@H](c3cc(C)n(-c4ccc(N(C)C)cc4)c3C)N21. The third-order valence-electron chi connectivity index (χ3n) is 6.74. The summed E-state index contributed by atoms with van der Waals surface area (Å²) in [5.41, 5.74) is 7.36. The highest BCUT2D eigenvalue weighted by atomic mass is 32.2. The van der Waals surface area contributed by atoms with Gasteiger partial charge in [-0.1, -0.05) is 24.8 Å². The van der Waals surface area contributed by atoms with Crippen molar-refractivity contribution < 1.29 is 0 Å². The molecule has 1 fully saturated rings. The summed E-state index contributed by atoms with van der Waals surface area (Å²) in [6, 6.07) is 18.1. The van der Waals surface area contributed by atoms with Gasteiger partial charge in [0, 0.05) is 54.8 Å². The molecule has 32 heavy (non-hydrogen) atoms. The third kappa shape index (κ3) is 3.41. The zero-order valence-electron chi connectivity index (χ0n) is 19.5. The van der Waals surface area contributed by atoms with E-state index in [0.717, 1.165) is 17.9 Å². The zero-order chi connectivity index (χ0) is 22.4. The molecule has 6 heteroatoms. The summed E-state index contributed by atoms with van der Waals surface area (Å²) in [5, 5.41) is 1.18. The fourth-order valence-electron chi connectivity index (χ4n) is 5.07. The van der Waals surface area contributed by atoms with E-state index in [1.54, 1.807) is 0 Å². The van der Waals surface area contributed by atoms with Crippen LogP contribution in [0.1, 0.15) is 48.1 Å². The van der Waals surface area contributed by atoms with E-state index in [-0.39, 0.29) is 12.1 Å². The number of aryl methyl sites for hydroxylation is 1. The van der Waals surface area contributed by atoms with Crippen LogP contribution in [0.3, 0.4) is 0 Å². The van der Waals surface area contributed by atoms with Gasteiger partial charge in [-0.05, 0) is 68.3 Å². The van der Waals surface area contributed by atoms with Crippen LogP contribution in [-0.4, -0.2) is 45.5 Å². The molecule has 2 aliphatic rings. The second kappa shape index (κ2) is 8.32. The number of aromatic nitrogens is 2. The Morgan fingerprint density at radius 2 is 1.88 bits per heavy atom. The monoisotopic (exact) mass is 445 g/mol. The van der Waals surface area contributed by atoms with Crippen LogP contribution >= 0.6 is 11.8 Å². The molecule has 2 aliphatic heterocycles. The molecule has 0 spiro atoms. The minimum absolute atomic E-state index is 0.0260. The van der Waals surface area contributed by atoms with Crippen molar-refractivity contribution in [2.75, 3.05) is 24.7 Å². The van der Waals surface area contributed by atoms with E-state index in [1.807, 2.05) is 24.0 Å². The third-order valence-corrected chi connectivity index (χ3v) is 7.87. The van der Waals surface area contributed by atoms with E-state index in [0.29, 0.717) is 6.04 Å². The molecule has 2 aromatic heterocycles. The van der Waals surface area contributed by atoms with Crippen molar-refractivity contribution in [2.24, 2.45) is 4.99 Å². The number of aliphatic imine (C=N–C) groups is 1. The van der Waals surface area contributed by atoms with Crippen molar-refractivity contribution in [3.8, 4) is 5.69 Å². The summed E-state index contributed by atoms with van der Waals surface area (Å²) < 4.78 is 2.38. The highest BCUT2D eigenvalue weighted by molar-refractivity contribution is 8.14. The van der Waals surface area contributed by atoms with Gasteiger partial charge in [0.05, 0.1) is 11.7 Å². The van der Waals surface area contributed by atoms with Gasteiger partial charge in [-0.15, -0.1) is 0 Å². The molecule has 1 saturated heterocycles. The van der Waals surface area contributed by atoms with Gasteiger partial charge >= 0.3 is 0 Å². The molecule has 166 valence electrons. The zero-order valence-corrected chi connectivity index (χ0v) is 20.3. The maximum Gasteiger partial charge on any atom is 0.160 e. The van der Waals surface area contributed by atoms with Crippen molar-refractivity contribution in [3.05, 3.63) is 77.4 Å².